The predicted molar refractivity (Wildman–Crippen MR) is 86.1 cm³/mol. The van der Waals surface area contributed by atoms with Crippen molar-refractivity contribution in [2.24, 2.45) is 0 Å². The lowest BCUT2D eigenvalue weighted by Crippen LogP contribution is -2.24. The van der Waals surface area contributed by atoms with Crippen LogP contribution in [0.2, 0.25) is 0 Å². The van der Waals surface area contributed by atoms with Crippen LogP contribution in [0.3, 0.4) is 0 Å². The molecule has 1 N–H and O–H groups in total. The zero-order chi connectivity index (χ0) is 14.7. The molecule has 0 aliphatic heterocycles. The van der Waals surface area contributed by atoms with E-state index in [4.69, 9.17) is 0 Å². The fraction of sp³-hybridized carbons (Fsp3) is 0.312. The Morgan fingerprint density at radius 1 is 1.43 bits per heavy atom. The SMILES string of the molecule is O=C(CS[C@H]1CCc2ccc(F)cc21)NCc1cccs1. The molecule has 110 valence electrons. The van der Waals surface area contributed by atoms with Gasteiger partial charge in [0.15, 0.2) is 0 Å². The van der Waals surface area contributed by atoms with Crippen molar-refractivity contribution in [2.45, 2.75) is 24.6 Å². The topological polar surface area (TPSA) is 29.1 Å². The minimum absolute atomic E-state index is 0.0400. The molecule has 1 aromatic carbocycles. The molecule has 0 fully saturated rings. The van der Waals surface area contributed by atoms with Crippen LogP contribution < -0.4 is 5.32 Å². The van der Waals surface area contributed by atoms with Gasteiger partial charge in [0.1, 0.15) is 5.82 Å². The van der Waals surface area contributed by atoms with Crippen molar-refractivity contribution < 1.29 is 9.18 Å². The molecule has 0 spiro atoms. The molecule has 0 radical (unpaired) electrons. The fourth-order valence-electron chi connectivity index (χ4n) is 2.53. The molecule has 21 heavy (non-hydrogen) atoms. The van der Waals surface area contributed by atoms with E-state index >= 15 is 0 Å². The van der Waals surface area contributed by atoms with Gasteiger partial charge in [0.2, 0.25) is 5.91 Å². The lowest BCUT2D eigenvalue weighted by atomic mass is 10.1. The van der Waals surface area contributed by atoms with Crippen LogP contribution >= 0.6 is 23.1 Å². The Kier molecular flexibility index (Phi) is 4.60. The third-order valence-electron chi connectivity index (χ3n) is 3.59. The highest BCUT2D eigenvalue weighted by atomic mass is 32.2. The second-order valence-electron chi connectivity index (χ2n) is 5.04. The predicted octanol–water partition coefficient (Wildman–Crippen LogP) is 3.92. The molecule has 0 saturated heterocycles. The maximum absolute atomic E-state index is 13.3. The van der Waals surface area contributed by atoms with Crippen molar-refractivity contribution in [3.63, 3.8) is 0 Å². The maximum atomic E-state index is 13.3. The molecule has 2 nitrogen and oxygen atoms in total. The Hall–Kier alpha value is -1.33. The smallest absolute Gasteiger partial charge is 0.230 e. The summed E-state index contributed by atoms with van der Waals surface area (Å²) in [4.78, 5) is 13.0. The van der Waals surface area contributed by atoms with Gasteiger partial charge in [-0.2, -0.15) is 0 Å². The van der Waals surface area contributed by atoms with Gasteiger partial charge in [0.05, 0.1) is 12.3 Å². The first-order chi connectivity index (χ1) is 10.2. The molecule has 1 heterocycles. The number of nitrogens with one attached hydrogen (secondary N) is 1. The van der Waals surface area contributed by atoms with Crippen molar-refractivity contribution in [1.29, 1.82) is 0 Å². The number of hydrogen-bond acceptors (Lipinski definition) is 3. The Morgan fingerprint density at radius 2 is 2.33 bits per heavy atom. The number of amides is 1. The molecule has 5 heteroatoms. The number of rotatable bonds is 5. The van der Waals surface area contributed by atoms with Crippen LogP contribution in [0.1, 0.15) is 27.7 Å². The van der Waals surface area contributed by atoms with E-state index < -0.39 is 0 Å². The third-order valence-corrected chi connectivity index (χ3v) is 5.78. The quantitative estimate of drug-likeness (QED) is 0.904. The summed E-state index contributed by atoms with van der Waals surface area (Å²) < 4.78 is 13.3. The Morgan fingerprint density at radius 3 is 3.14 bits per heavy atom. The van der Waals surface area contributed by atoms with E-state index in [-0.39, 0.29) is 17.0 Å². The monoisotopic (exact) mass is 321 g/mol. The van der Waals surface area contributed by atoms with Gasteiger partial charge >= 0.3 is 0 Å². The van der Waals surface area contributed by atoms with Gasteiger partial charge < -0.3 is 5.32 Å². The van der Waals surface area contributed by atoms with E-state index in [1.165, 1.54) is 11.6 Å². The van der Waals surface area contributed by atoms with E-state index in [1.807, 2.05) is 23.6 Å². The number of hydrogen-bond donors (Lipinski definition) is 1. The Labute approximate surface area is 131 Å². The second kappa shape index (κ2) is 6.62. The number of thiophene rings is 1. The molecule has 1 amide bonds. The molecule has 0 unspecified atom stereocenters. The molecular weight excluding hydrogens is 305 g/mol. The average molecular weight is 321 g/mol. The number of halogens is 1. The van der Waals surface area contributed by atoms with Gasteiger partial charge in [-0.1, -0.05) is 12.1 Å². The molecule has 3 rings (SSSR count). The summed E-state index contributed by atoms with van der Waals surface area (Å²) in [6.45, 7) is 0.590. The molecule has 2 aromatic rings. The first-order valence-corrected chi connectivity index (χ1v) is 8.84. The standard InChI is InChI=1S/C16H16FNOS2/c17-12-5-3-11-4-6-15(14(11)8-12)21-10-16(19)18-9-13-2-1-7-20-13/h1-3,5,7-8,15H,4,6,9-10H2,(H,18,19)/t15-/m0/s1. The molecule has 0 saturated carbocycles. The average Bonchev–Trinajstić information content (AvgIpc) is 3.12. The minimum atomic E-state index is -0.191. The lowest BCUT2D eigenvalue weighted by Gasteiger charge is -2.11. The van der Waals surface area contributed by atoms with Crippen molar-refractivity contribution in [1.82, 2.24) is 5.32 Å². The van der Waals surface area contributed by atoms with Gasteiger partial charge in [-0.25, -0.2) is 4.39 Å². The highest BCUT2D eigenvalue weighted by molar-refractivity contribution is 8.00. The normalized spacial score (nSPS) is 16.7. The number of carbonyl (C=O) groups excluding carboxylic acids is 1. The van der Waals surface area contributed by atoms with Crippen LogP contribution in [0.5, 0.6) is 0 Å². The van der Waals surface area contributed by atoms with E-state index in [9.17, 15) is 9.18 Å². The molecule has 1 aliphatic carbocycles. The Bertz CT molecular complexity index is 627. The van der Waals surface area contributed by atoms with Gasteiger partial charge in [0, 0.05) is 10.1 Å². The van der Waals surface area contributed by atoms with Crippen molar-refractivity contribution in [2.75, 3.05) is 5.75 Å². The van der Waals surface area contributed by atoms with Crippen molar-refractivity contribution >= 4 is 29.0 Å². The van der Waals surface area contributed by atoms with Crippen LogP contribution in [0.15, 0.2) is 35.7 Å². The number of benzene rings is 1. The number of aryl methyl sites for hydroxylation is 1. The van der Waals surface area contributed by atoms with Gasteiger partial charge in [-0.15, -0.1) is 23.1 Å². The molecule has 1 atom stereocenters. The van der Waals surface area contributed by atoms with Crippen LogP contribution in [0.4, 0.5) is 4.39 Å². The summed E-state index contributed by atoms with van der Waals surface area (Å²) in [6.07, 6.45) is 1.96. The Balaban J connectivity index is 1.50. The largest absolute Gasteiger partial charge is 0.350 e. The van der Waals surface area contributed by atoms with Crippen LogP contribution in [-0.4, -0.2) is 11.7 Å². The second-order valence-corrected chi connectivity index (χ2v) is 7.26. The zero-order valence-corrected chi connectivity index (χ0v) is 13.1. The fourth-order valence-corrected chi connectivity index (χ4v) is 4.32. The van der Waals surface area contributed by atoms with Crippen LogP contribution in [0, 0.1) is 5.82 Å². The minimum Gasteiger partial charge on any atom is -0.350 e. The summed E-state index contributed by atoms with van der Waals surface area (Å²) in [7, 11) is 0. The number of fused-ring (bicyclic) bond motifs is 1. The number of thioether (sulfide) groups is 1. The maximum Gasteiger partial charge on any atom is 0.230 e. The van der Waals surface area contributed by atoms with E-state index in [0.29, 0.717) is 12.3 Å². The lowest BCUT2D eigenvalue weighted by molar-refractivity contribution is -0.118. The highest BCUT2D eigenvalue weighted by Crippen LogP contribution is 2.41. The van der Waals surface area contributed by atoms with Crippen LogP contribution in [0.25, 0.3) is 0 Å². The van der Waals surface area contributed by atoms with Crippen molar-refractivity contribution in [3.8, 4) is 0 Å². The summed E-state index contributed by atoms with van der Waals surface area (Å²) in [5, 5.41) is 5.16. The van der Waals surface area contributed by atoms with Gasteiger partial charge in [-0.3, -0.25) is 4.79 Å². The first kappa shape index (κ1) is 14.6. The number of carbonyl (C=O) groups is 1. The zero-order valence-electron chi connectivity index (χ0n) is 11.5. The van der Waals surface area contributed by atoms with Crippen LogP contribution in [-0.2, 0) is 17.8 Å². The summed E-state index contributed by atoms with van der Waals surface area (Å²) in [6, 6.07) is 8.98. The summed E-state index contributed by atoms with van der Waals surface area (Å²) >= 11 is 3.24. The molecular formula is C16H16FNOS2. The van der Waals surface area contributed by atoms with Gasteiger partial charge in [-0.05, 0) is 47.5 Å². The van der Waals surface area contributed by atoms with Crippen molar-refractivity contribution in [3.05, 3.63) is 57.5 Å². The van der Waals surface area contributed by atoms with E-state index in [0.717, 1.165) is 23.3 Å². The third kappa shape index (κ3) is 3.66. The first-order valence-electron chi connectivity index (χ1n) is 6.91. The summed E-state index contributed by atoms with van der Waals surface area (Å²) in [5.74, 6) is 0.271. The highest BCUT2D eigenvalue weighted by Gasteiger charge is 2.23. The summed E-state index contributed by atoms with van der Waals surface area (Å²) in [5.41, 5.74) is 2.28. The molecule has 0 bridgehead atoms. The van der Waals surface area contributed by atoms with Gasteiger partial charge in [0.25, 0.3) is 0 Å². The molecule has 1 aliphatic rings. The van der Waals surface area contributed by atoms with E-state index in [2.05, 4.69) is 5.32 Å². The van der Waals surface area contributed by atoms with E-state index in [1.54, 1.807) is 29.2 Å². The molecule has 1 aromatic heterocycles.